The third kappa shape index (κ3) is 6.85. The Labute approximate surface area is 74.7 Å². The minimum atomic E-state index is 0.891. The number of halogens is 2. The molecule has 0 saturated carbocycles. The summed E-state index contributed by atoms with van der Waals surface area (Å²) in [6.07, 6.45) is 3.98. The van der Waals surface area contributed by atoms with Crippen molar-refractivity contribution in [3.8, 4) is 0 Å². The van der Waals surface area contributed by atoms with Crippen molar-refractivity contribution in [1.29, 1.82) is 0 Å². The minimum absolute atomic E-state index is 0.891. The van der Waals surface area contributed by atoms with Crippen LogP contribution in [-0.4, -0.2) is 10.7 Å². The standard InChI is InChI=1S/C7H14Br2/c1-7(4-6-9)3-2-5-8/h7H,2-6H2,1H3/t7-/m0/s1. The Morgan fingerprint density at radius 1 is 1.11 bits per heavy atom. The summed E-state index contributed by atoms with van der Waals surface area (Å²) in [5, 5.41) is 2.30. The second-order valence-electron chi connectivity index (χ2n) is 2.41. The fraction of sp³-hybridized carbons (Fsp3) is 1.00. The molecule has 9 heavy (non-hydrogen) atoms. The largest absolute Gasteiger partial charge is 0.0928 e. The van der Waals surface area contributed by atoms with Crippen LogP contribution in [0.2, 0.25) is 0 Å². The van der Waals surface area contributed by atoms with Gasteiger partial charge in [-0.3, -0.25) is 0 Å². The quantitative estimate of drug-likeness (QED) is 0.661. The summed E-state index contributed by atoms with van der Waals surface area (Å²) in [4.78, 5) is 0. The van der Waals surface area contributed by atoms with Crippen molar-refractivity contribution >= 4 is 31.9 Å². The van der Waals surface area contributed by atoms with Gasteiger partial charge in [0.05, 0.1) is 0 Å². The second kappa shape index (κ2) is 7.07. The van der Waals surface area contributed by atoms with Crippen LogP contribution in [0.4, 0.5) is 0 Å². The molecule has 0 rings (SSSR count). The number of rotatable bonds is 5. The SMILES string of the molecule is C[C@H](CCBr)CCCBr. The van der Waals surface area contributed by atoms with Gasteiger partial charge in [0, 0.05) is 10.7 Å². The average molecular weight is 258 g/mol. The van der Waals surface area contributed by atoms with Gasteiger partial charge in [-0.05, 0) is 25.2 Å². The number of alkyl halides is 2. The van der Waals surface area contributed by atoms with Crippen LogP contribution in [0.3, 0.4) is 0 Å². The highest BCUT2D eigenvalue weighted by atomic mass is 79.9. The molecule has 0 unspecified atom stereocenters. The van der Waals surface area contributed by atoms with E-state index in [1.54, 1.807) is 0 Å². The summed E-state index contributed by atoms with van der Waals surface area (Å²) in [6.45, 7) is 2.31. The van der Waals surface area contributed by atoms with E-state index in [1.807, 2.05) is 0 Å². The molecule has 0 aliphatic heterocycles. The second-order valence-corrected chi connectivity index (χ2v) is 4.00. The lowest BCUT2D eigenvalue weighted by molar-refractivity contribution is 0.517. The summed E-state index contributed by atoms with van der Waals surface area (Å²) in [5.74, 6) is 0.891. The van der Waals surface area contributed by atoms with Gasteiger partial charge < -0.3 is 0 Å². The molecular formula is C7H14Br2. The van der Waals surface area contributed by atoms with Crippen LogP contribution in [0.15, 0.2) is 0 Å². The first-order chi connectivity index (χ1) is 4.31. The summed E-state index contributed by atoms with van der Waals surface area (Å²) in [7, 11) is 0. The molecule has 0 fully saturated rings. The molecule has 0 N–H and O–H groups in total. The van der Waals surface area contributed by atoms with Crippen molar-refractivity contribution < 1.29 is 0 Å². The Balaban J connectivity index is 2.95. The minimum Gasteiger partial charge on any atom is -0.0928 e. The van der Waals surface area contributed by atoms with Crippen LogP contribution in [0, 0.1) is 5.92 Å². The third-order valence-electron chi connectivity index (χ3n) is 1.43. The monoisotopic (exact) mass is 256 g/mol. The molecule has 0 aromatic carbocycles. The molecule has 0 saturated heterocycles. The van der Waals surface area contributed by atoms with Gasteiger partial charge in [0.15, 0.2) is 0 Å². The lowest BCUT2D eigenvalue weighted by Crippen LogP contribution is -1.94. The molecule has 0 aliphatic rings. The lowest BCUT2D eigenvalue weighted by Gasteiger charge is -2.06. The van der Waals surface area contributed by atoms with E-state index in [0.29, 0.717) is 0 Å². The maximum atomic E-state index is 3.43. The van der Waals surface area contributed by atoms with Crippen molar-refractivity contribution in [2.75, 3.05) is 10.7 Å². The van der Waals surface area contributed by atoms with E-state index in [0.717, 1.165) is 16.6 Å². The van der Waals surface area contributed by atoms with E-state index in [-0.39, 0.29) is 0 Å². The first-order valence-corrected chi connectivity index (χ1v) is 5.67. The highest BCUT2D eigenvalue weighted by molar-refractivity contribution is 9.09. The summed E-state index contributed by atoms with van der Waals surface area (Å²) in [6, 6.07) is 0. The van der Waals surface area contributed by atoms with Crippen molar-refractivity contribution in [2.45, 2.75) is 26.2 Å². The first kappa shape index (κ1) is 9.96. The van der Waals surface area contributed by atoms with Gasteiger partial charge in [-0.2, -0.15) is 0 Å². The van der Waals surface area contributed by atoms with E-state index in [9.17, 15) is 0 Å². The molecule has 1 atom stereocenters. The molecule has 0 aromatic heterocycles. The number of hydrogen-bond acceptors (Lipinski definition) is 0. The topological polar surface area (TPSA) is 0 Å². The highest BCUT2D eigenvalue weighted by Crippen LogP contribution is 2.11. The highest BCUT2D eigenvalue weighted by Gasteiger charge is 1.98. The molecule has 0 aromatic rings. The summed E-state index contributed by atoms with van der Waals surface area (Å²) >= 11 is 6.85. The summed E-state index contributed by atoms with van der Waals surface area (Å²) < 4.78 is 0. The van der Waals surface area contributed by atoms with Crippen molar-refractivity contribution in [3.05, 3.63) is 0 Å². The van der Waals surface area contributed by atoms with Crippen LogP contribution >= 0.6 is 31.9 Å². The number of hydrogen-bond donors (Lipinski definition) is 0. The van der Waals surface area contributed by atoms with Gasteiger partial charge in [-0.25, -0.2) is 0 Å². The molecule has 0 spiro atoms. The fourth-order valence-electron chi connectivity index (χ4n) is 0.756. The molecule has 0 amide bonds. The zero-order valence-electron chi connectivity index (χ0n) is 5.87. The van der Waals surface area contributed by atoms with Gasteiger partial charge in [0.2, 0.25) is 0 Å². The lowest BCUT2D eigenvalue weighted by atomic mass is 10.0. The fourth-order valence-corrected chi connectivity index (χ4v) is 1.86. The predicted molar refractivity (Wildman–Crippen MR) is 50.6 cm³/mol. The molecular weight excluding hydrogens is 244 g/mol. The smallest absolute Gasteiger partial charge is 0.00338 e. The van der Waals surface area contributed by atoms with E-state index in [2.05, 4.69) is 38.8 Å². The predicted octanol–water partition coefficient (Wildman–Crippen LogP) is 3.58. The van der Waals surface area contributed by atoms with Gasteiger partial charge in [-0.15, -0.1) is 0 Å². The Morgan fingerprint density at radius 2 is 1.78 bits per heavy atom. The molecule has 0 aliphatic carbocycles. The first-order valence-electron chi connectivity index (χ1n) is 3.43. The van der Waals surface area contributed by atoms with Crippen LogP contribution in [-0.2, 0) is 0 Å². The zero-order chi connectivity index (χ0) is 7.11. The van der Waals surface area contributed by atoms with E-state index < -0.39 is 0 Å². The van der Waals surface area contributed by atoms with Crippen molar-refractivity contribution in [2.24, 2.45) is 5.92 Å². The molecule has 56 valence electrons. The average Bonchev–Trinajstić information content (AvgIpc) is 1.85. The molecule has 2 heteroatoms. The maximum Gasteiger partial charge on any atom is 0.00338 e. The normalized spacial score (nSPS) is 13.7. The van der Waals surface area contributed by atoms with E-state index in [4.69, 9.17) is 0 Å². The van der Waals surface area contributed by atoms with Gasteiger partial charge in [0.25, 0.3) is 0 Å². The molecule has 0 heterocycles. The third-order valence-corrected chi connectivity index (χ3v) is 2.45. The van der Waals surface area contributed by atoms with Crippen LogP contribution < -0.4 is 0 Å². The maximum absolute atomic E-state index is 3.43. The molecule has 0 bridgehead atoms. The Hall–Kier alpha value is 0.960. The van der Waals surface area contributed by atoms with Gasteiger partial charge in [-0.1, -0.05) is 38.8 Å². The van der Waals surface area contributed by atoms with Crippen LogP contribution in [0.1, 0.15) is 26.2 Å². The molecule has 0 radical (unpaired) electrons. The van der Waals surface area contributed by atoms with Gasteiger partial charge >= 0.3 is 0 Å². The van der Waals surface area contributed by atoms with Crippen molar-refractivity contribution in [3.63, 3.8) is 0 Å². The zero-order valence-corrected chi connectivity index (χ0v) is 9.04. The molecule has 0 nitrogen and oxygen atoms in total. The van der Waals surface area contributed by atoms with Crippen molar-refractivity contribution in [1.82, 2.24) is 0 Å². The Kier molecular flexibility index (Phi) is 7.83. The Morgan fingerprint density at radius 3 is 2.22 bits per heavy atom. The Bertz CT molecular complexity index is 54.9. The van der Waals surface area contributed by atoms with E-state index >= 15 is 0 Å². The van der Waals surface area contributed by atoms with Crippen LogP contribution in [0.5, 0.6) is 0 Å². The van der Waals surface area contributed by atoms with E-state index in [1.165, 1.54) is 19.3 Å². The summed E-state index contributed by atoms with van der Waals surface area (Å²) in [5.41, 5.74) is 0. The van der Waals surface area contributed by atoms with Gasteiger partial charge in [0.1, 0.15) is 0 Å². The van der Waals surface area contributed by atoms with Crippen LogP contribution in [0.25, 0.3) is 0 Å².